The first kappa shape index (κ1) is 15.6. The van der Waals surface area contributed by atoms with Gasteiger partial charge in [0.15, 0.2) is 0 Å². The molecule has 0 aromatic heterocycles. The first-order valence-electron chi connectivity index (χ1n) is 6.17. The van der Waals surface area contributed by atoms with Crippen LogP contribution in [0.3, 0.4) is 0 Å². The van der Waals surface area contributed by atoms with Crippen LogP contribution in [-0.2, 0) is 13.1 Å². The van der Waals surface area contributed by atoms with Gasteiger partial charge in [-0.2, -0.15) is 0 Å². The summed E-state index contributed by atoms with van der Waals surface area (Å²) in [4.78, 5) is 10.9. The minimum Gasteiger partial charge on any atom is -0.506 e. The zero-order valence-corrected chi connectivity index (χ0v) is 12.4. The lowest BCUT2D eigenvalue weighted by atomic mass is 10.1. The summed E-state index contributed by atoms with van der Waals surface area (Å²) >= 11 is 11.7. The molecule has 3 N–H and O–H groups in total. The molecule has 0 amide bonds. The summed E-state index contributed by atoms with van der Waals surface area (Å²) in [6, 6.07) is 9.74. The molecule has 0 unspecified atom stereocenters. The fourth-order valence-corrected chi connectivity index (χ4v) is 2.45. The molecule has 0 aliphatic rings. The molecular weight excluding hydrogens is 313 g/mol. The van der Waals surface area contributed by atoms with Gasteiger partial charge in [0.05, 0.1) is 10.6 Å². The first-order chi connectivity index (χ1) is 9.97. The monoisotopic (exact) mass is 325 g/mol. The fraction of sp³-hybridized carbons (Fsp3) is 0.133. The van der Waals surface area contributed by atoms with Crippen LogP contribution in [-0.4, -0.2) is 16.2 Å². The summed E-state index contributed by atoms with van der Waals surface area (Å²) in [5.41, 5.74) is 1.66. The first-order valence-corrected chi connectivity index (χ1v) is 6.93. The van der Waals surface area contributed by atoms with E-state index in [9.17, 15) is 9.90 Å². The van der Waals surface area contributed by atoms with E-state index in [4.69, 9.17) is 28.3 Å². The Hall–Kier alpha value is -1.75. The van der Waals surface area contributed by atoms with Crippen LogP contribution in [0.2, 0.25) is 10.0 Å². The molecule has 0 atom stereocenters. The van der Waals surface area contributed by atoms with E-state index in [0.29, 0.717) is 23.7 Å². The molecule has 0 radical (unpaired) electrons. The molecule has 2 rings (SSSR count). The lowest BCUT2D eigenvalue weighted by Gasteiger charge is -2.09. The highest BCUT2D eigenvalue weighted by atomic mass is 35.5. The van der Waals surface area contributed by atoms with E-state index in [-0.39, 0.29) is 16.3 Å². The minimum absolute atomic E-state index is 0.00662. The number of halogens is 2. The van der Waals surface area contributed by atoms with Crippen molar-refractivity contribution in [3.05, 3.63) is 63.1 Å². The lowest BCUT2D eigenvalue weighted by Crippen LogP contribution is -2.13. The summed E-state index contributed by atoms with van der Waals surface area (Å²) in [5, 5.41) is 22.5. The number of nitrogens with one attached hydrogen (secondary N) is 1. The number of hydrogen-bond acceptors (Lipinski definition) is 3. The Morgan fingerprint density at radius 1 is 1.14 bits per heavy atom. The van der Waals surface area contributed by atoms with Crippen LogP contribution in [0.25, 0.3) is 0 Å². The van der Waals surface area contributed by atoms with Crippen molar-refractivity contribution < 1.29 is 15.0 Å². The molecule has 0 heterocycles. The Kier molecular flexibility index (Phi) is 5.07. The third-order valence-corrected chi connectivity index (χ3v) is 3.43. The zero-order valence-electron chi connectivity index (χ0n) is 10.9. The highest BCUT2D eigenvalue weighted by molar-refractivity contribution is 6.35. The third kappa shape index (κ3) is 4.11. The number of aromatic carboxylic acids is 1. The van der Waals surface area contributed by atoms with Gasteiger partial charge in [-0.05, 0) is 29.8 Å². The Morgan fingerprint density at radius 2 is 1.90 bits per heavy atom. The van der Waals surface area contributed by atoms with Crippen molar-refractivity contribution in [2.24, 2.45) is 0 Å². The topological polar surface area (TPSA) is 69.6 Å². The molecule has 21 heavy (non-hydrogen) atoms. The van der Waals surface area contributed by atoms with Crippen LogP contribution < -0.4 is 5.32 Å². The number of rotatable bonds is 5. The maximum Gasteiger partial charge on any atom is 0.335 e. The third-order valence-electron chi connectivity index (χ3n) is 2.93. The second kappa shape index (κ2) is 6.80. The molecule has 0 saturated heterocycles. The van der Waals surface area contributed by atoms with Crippen LogP contribution in [0.15, 0.2) is 36.4 Å². The van der Waals surface area contributed by atoms with Gasteiger partial charge in [0.1, 0.15) is 5.75 Å². The van der Waals surface area contributed by atoms with Crippen molar-refractivity contribution in [1.29, 1.82) is 0 Å². The summed E-state index contributed by atoms with van der Waals surface area (Å²) in [7, 11) is 0. The van der Waals surface area contributed by atoms with Crippen molar-refractivity contribution in [3.8, 4) is 5.75 Å². The average Bonchev–Trinajstić information content (AvgIpc) is 2.44. The molecular formula is C15H13Cl2NO3. The molecule has 2 aromatic rings. The fourth-order valence-electron chi connectivity index (χ4n) is 1.91. The Morgan fingerprint density at radius 3 is 2.62 bits per heavy atom. The van der Waals surface area contributed by atoms with Gasteiger partial charge in [-0.3, -0.25) is 0 Å². The molecule has 0 bridgehead atoms. The van der Waals surface area contributed by atoms with Gasteiger partial charge in [0, 0.05) is 23.7 Å². The molecule has 2 aromatic carbocycles. The van der Waals surface area contributed by atoms with Gasteiger partial charge >= 0.3 is 5.97 Å². The molecule has 6 heteroatoms. The van der Waals surface area contributed by atoms with Crippen molar-refractivity contribution in [2.45, 2.75) is 13.1 Å². The average molecular weight is 326 g/mol. The van der Waals surface area contributed by atoms with E-state index >= 15 is 0 Å². The molecule has 110 valence electrons. The molecule has 0 fully saturated rings. The summed E-state index contributed by atoms with van der Waals surface area (Å²) in [5.74, 6) is -0.969. The van der Waals surface area contributed by atoms with Crippen molar-refractivity contribution in [3.63, 3.8) is 0 Å². The van der Waals surface area contributed by atoms with Crippen LogP contribution in [0, 0.1) is 0 Å². The van der Waals surface area contributed by atoms with Gasteiger partial charge in [-0.1, -0.05) is 35.3 Å². The number of hydrogen-bond donors (Lipinski definition) is 3. The molecule has 0 saturated carbocycles. The maximum atomic E-state index is 10.9. The van der Waals surface area contributed by atoms with Gasteiger partial charge in [-0.25, -0.2) is 4.79 Å². The quantitative estimate of drug-likeness (QED) is 0.784. The zero-order chi connectivity index (χ0) is 15.4. The van der Waals surface area contributed by atoms with E-state index in [1.165, 1.54) is 12.1 Å². The second-order valence-corrected chi connectivity index (χ2v) is 5.35. The largest absolute Gasteiger partial charge is 0.506 e. The summed E-state index contributed by atoms with van der Waals surface area (Å²) in [6.07, 6.45) is 0. The number of phenolic OH excluding ortho intramolecular Hbond substituents is 1. The Balaban J connectivity index is 2.02. The van der Waals surface area contributed by atoms with Gasteiger partial charge in [0.2, 0.25) is 0 Å². The normalized spacial score (nSPS) is 10.6. The van der Waals surface area contributed by atoms with Crippen molar-refractivity contribution >= 4 is 29.2 Å². The molecule has 4 nitrogen and oxygen atoms in total. The van der Waals surface area contributed by atoms with Crippen LogP contribution >= 0.6 is 23.2 Å². The minimum atomic E-state index is -0.962. The SMILES string of the molecule is O=C(O)c1cccc(CNCc2cc(Cl)cc(Cl)c2O)c1. The highest BCUT2D eigenvalue weighted by Gasteiger charge is 2.08. The standard InChI is InChI=1S/C15H13Cl2NO3/c16-12-5-11(14(19)13(17)6-12)8-18-7-9-2-1-3-10(4-9)15(20)21/h1-6,18-19H,7-8H2,(H,20,21). The van der Waals surface area contributed by atoms with Crippen LogP contribution in [0.4, 0.5) is 0 Å². The van der Waals surface area contributed by atoms with E-state index in [0.717, 1.165) is 5.56 Å². The number of benzene rings is 2. The van der Waals surface area contributed by atoms with Gasteiger partial charge in [0.25, 0.3) is 0 Å². The maximum absolute atomic E-state index is 10.9. The smallest absolute Gasteiger partial charge is 0.335 e. The summed E-state index contributed by atoms with van der Waals surface area (Å²) < 4.78 is 0. The van der Waals surface area contributed by atoms with Gasteiger partial charge in [-0.15, -0.1) is 0 Å². The predicted molar refractivity (Wildman–Crippen MR) is 82.1 cm³/mol. The van der Waals surface area contributed by atoms with E-state index in [1.54, 1.807) is 18.2 Å². The van der Waals surface area contributed by atoms with Crippen LogP contribution in [0.1, 0.15) is 21.5 Å². The number of carboxylic acids is 1. The molecule has 0 spiro atoms. The Bertz CT molecular complexity index is 674. The number of aromatic hydroxyl groups is 1. The predicted octanol–water partition coefficient (Wildman–Crippen LogP) is 3.69. The number of phenols is 1. The summed E-state index contributed by atoms with van der Waals surface area (Å²) in [6.45, 7) is 0.827. The van der Waals surface area contributed by atoms with Crippen LogP contribution in [0.5, 0.6) is 5.75 Å². The number of carbonyl (C=O) groups is 1. The second-order valence-electron chi connectivity index (χ2n) is 4.50. The highest BCUT2D eigenvalue weighted by Crippen LogP contribution is 2.30. The number of carboxylic acid groups (broad SMARTS) is 1. The molecule has 0 aliphatic heterocycles. The Labute approximate surface area is 131 Å². The molecule has 0 aliphatic carbocycles. The van der Waals surface area contributed by atoms with E-state index in [2.05, 4.69) is 5.32 Å². The van der Waals surface area contributed by atoms with E-state index in [1.807, 2.05) is 6.07 Å². The van der Waals surface area contributed by atoms with Crippen molar-refractivity contribution in [1.82, 2.24) is 5.32 Å². The van der Waals surface area contributed by atoms with Gasteiger partial charge < -0.3 is 15.5 Å². The van der Waals surface area contributed by atoms with E-state index < -0.39 is 5.97 Å². The lowest BCUT2D eigenvalue weighted by molar-refractivity contribution is 0.0696. The van der Waals surface area contributed by atoms with Crippen molar-refractivity contribution in [2.75, 3.05) is 0 Å².